The molecule has 0 saturated heterocycles. The van der Waals surface area contributed by atoms with Crippen LogP contribution in [0.25, 0.3) is 0 Å². The Morgan fingerprint density at radius 3 is 3.08 bits per heavy atom. The molecule has 0 aliphatic carbocycles. The van der Waals surface area contributed by atoms with Crippen LogP contribution < -0.4 is 10.2 Å². The first-order valence-corrected chi connectivity index (χ1v) is 4.69. The first-order chi connectivity index (χ1) is 5.83. The van der Waals surface area contributed by atoms with Crippen LogP contribution in [0, 0.1) is 0 Å². The Bertz CT molecular complexity index is 268. The Labute approximate surface area is 74.3 Å². The second kappa shape index (κ2) is 5.08. The van der Waals surface area contributed by atoms with Gasteiger partial charge in [-0.05, 0) is 13.0 Å². The second-order valence-electron chi connectivity index (χ2n) is 2.43. The number of rotatable bonds is 5. The van der Waals surface area contributed by atoms with Gasteiger partial charge in [-0.25, -0.2) is 0 Å². The van der Waals surface area contributed by atoms with Crippen molar-refractivity contribution in [2.45, 2.75) is 13.0 Å². The number of aromatic nitrogens is 1. The third kappa shape index (κ3) is 3.17. The summed E-state index contributed by atoms with van der Waals surface area (Å²) in [7, 11) is 0. The van der Waals surface area contributed by atoms with Gasteiger partial charge in [-0.3, -0.25) is 4.79 Å². The van der Waals surface area contributed by atoms with Crippen molar-refractivity contribution in [2.75, 3.05) is 13.2 Å². The summed E-state index contributed by atoms with van der Waals surface area (Å²) < 4.78 is 0. The third-order valence-corrected chi connectivity index (χ3v) is 2.12. The lowest BCUT2D eigenvalue weighted by Crippen LogP contribution is -2.16. The minimum atomic E-state index is -0.0195. The average molecular weight is 188 g/mol. The zero-order chi connectivity index (χ0) is 8.81. The van der Waals surface area contributed by atoms with Gasteiger partial charge in [0.05, 0.1) is 0 Å². The van der Waals surface area contributed by atoms with Crippen molar-refractivity contribution in [3.05, 3.63) is 20.7 Å². The van der Waals surface area contributed by atoms with Crippen molar-refractivity contribution in [1.82, 2.24) is 10.3 Å². The van der Waals surface area contributed by atoms with Crippen LogP contribution in [0.5, 0.6) is 0 Å². The summed E-state index contributed by atoms with van der Waals surface area (Å²) in [6.45, 7) is 1.64. The molecule has 3 N–H and O–H groups in total. The molecule has 0 amide bonds. The van der Waals surface area contributed by atoms with Gasteiger partial charge in [0.2, 0.25) is 0 Å². The Hall–Kier alpha value is -0.650. The topological polar surface area (TPSA) is 65.1 Å². The molecule has 0 saturated carbocycles. The maximum Gasteiger partial charge on any atom is 0.304 e. The number of hydrogen-bond acceptors (Lipinski definition) is 4. The van der Waals surface area contributed by atoms with E-state index in [0.717, 1.165) is 18.7 Å². The standard InChI is InChI=1S/C7H12N2O2S/c10-3-1-2-8-4-6-5-12-7(11)9-6/h5,8,10H,1-4H2,(H,9,11). The van der Waals surface area contributed by atoms with Crippen molar-refractivity contribution in [3.63, 3.8) is 0 Å². The molecule has 1 heterocycles. The quantitative estimate of drug-likeness (QED) is 0.566. The molecule has 1 aromatic rings. The van der Waals surface area contributed by atoms with Crippen LogP contribution >= 0.6 is 11.3 Å². The highest BCUT2D eigenvalue weighted by Crippen LogP contribution is 1.93. The molecule has 0 aliphatic rings. The van der Waals surface area contributed by atoms with Crippen molar-refractivity contribution in [1.29, 1.82) is 0 Å². The van der Waals surface area contributed by atoms with Gasteiger partial charge in [-0.15, -0.1) is 0 Å². The zero-order valence-electron chi connectivity index (χ0n) is 6.67. The number of nitrogens with one attached hydrogen (secondary N) is 2. The molecule has 1 aromatic heterocycles. The molecule has 0 atom stereocenters. The minimum Gasteiger partial charge on any atom is -0.396 e. The average Bonchev–Trinajstić information content (AvgIpc) is 2.45. The molecule has 12 heavy (non-hydrogen) atoms. The van der Waals surface area contributed by atoms with Gasteiger partial charge < -0.3 is 15.4 Å². The van der Waals surface area contributed by atoms with Crippen molar-refractivity contribution < 1.29 is 5.11 Å². The Morgan fingerprint density at radius 2 is 2.50 bits per heavy atom. The number of hydrogen-bond donors (Lipinski definition) is 3. The fraction of sp³-hybridized carbons (Fsp3) is 0.571. The predicted octanol–water partition coefficient (Wildman–Crippen LogP) is -0.0916. The van der Waals surface area contributed by atoms with Crippen molar-refractivity contribution in [3.8, 4) is 0 Å². The van der Waals surface area contributed by atoms with Crippen LogP contribution in [-0.2, 0) is 6.54 Å². The van der Waals surface area contributed by atoms with Gasteiger partial charge in [0.1, 0.15) is 0 Å². The van der Waals surface area contributed by atoms with Crippen LogP contribution in [0.3, 0.4) is 0 Å². The van der Waals surface area contributed by atoms with Gasteiger partial charge >= 0.3 is 4.87 Å². The van der Waals surface area contributed by atoms with Crippen molar-refractivity contribution >= 4 is 11.3 Å². The fourth-order valence-corrected chi connectivity index (χ4v) is 1.41. The third-order valence-electron chi connectivity index (χ3n) is 1.40. The molecule has 4 nitrogen and oxygen atoms in total. The van der Waals surface area contributed by atoms with Gasteiger partial charge in [-0.2, -0.15) is 0 Å². The molecule has 68 valence electrons. The van der Waals surface area contributed by atoms with Crippen LogP contribution in [0.1, 0.15) is 12.1 Å². The monoisotopic (exact) mass is 188 g/mol. The number of aliphatic hydroxyl groups excluding tert-OH is 1. The molecule has 0 aliphatic heterocycles. The largest absolute Gasteiger partial charge is 0.396 e. The molecule has 0 radical (unpaired) electrons. The summed E-state index contributed by atoms with van der Waals surface area (Å²) in [6.07, 6.45) is 0.744. The summed E-state index contributed by atoms with van der Waals surface area (Å²) in [5.74, 6) is 0. The summed E-state index contributed by atoms with van der Waals surface area (Å²) in [5, 5.41) is 13.4. The normalized spacial score (nSPS) is 10.4. The van der Waals surface area contributed by atoms with E-state index in [0.29, 0.717) is 6.54 Å². The predicted molar refractivity (Wildman–Crippen MR) is 48.3 cm³/mol. The lowest BCUT2D eigenvalue weighted by atomic mass is 10.4. The lowest BCUT2D eigenvalue weighted by molar-refractivity contribution is 0.286. The van der Waals surface area contributed by atoms with Crippen LogP contribution in [0.15, 0.2) is 10.2 Å². The van der Waals surface area contributed by atoms with E-state index < -0.39 is 0 Å². The Balaban J connectivity index is 2.20. The molecule has 0 spiro atoms. The minimum absolute atomic E-state index is 0.0195. The number of aliphatic hydroxyl groups is 1. The lowest BCUT2D eigenvalue weighted by Gasteiger charge is -1.99. The van der Waals surface area contributed by atoms with Crippen LogP contribution in [-0.4, -0.2) is 23.2 Å². The SMILES string of the molecule is O=c1[nH]c(CNCCCO)cs1. The summed E-state index contributed by atoms with van der Waals surface area (Å²) >= 11 is 1.17. The first-order valence-electron chi connectivity index (χ1n) is 3.81. The molecular formula is C7H12N2O2S. The molecular weight excluding hydrogens is 176 g/mol. The summed E-state index contributed by atoms with van der Waals surface area (Å²) in [4.78, 5) is 13.3. The number of thiazole rings is 1. The summed E-state index contributed by atoms with van der Waals surface area (Å²) in [5.41, 5.74) is 0.905. The molecule has 5 heteroatoms. The number of aromatic amines is 1. The van der Waals surface area contributed by atoms with Crippen LogP contribution in [0.2, 0.25) is 0 Å². The molecule has 0 bridgehead atoms. The highest BCUT2D eigenvalue weighted by molar-refractivity contribution is 7.07. The van der Waals surface area contributed by atoms with E-state index in [1.807, 2.05) is 0 Å². The molecule has 0 unspecified atom stereocenters. The first kappa shape index (κ1) is 9.44. The fourth-order valence-electron chi connectivity index (χ4n) is 0.828. The second-order valence-corrected chi connectivity index (χ2v) is 3.27. The van der Waals surface area contributed by atoms with E-state index in [4.69, 9.17) is 5.11 Å². The van der Waals surface area contributed by atoms with Crippen LogP contribution in [0.4, 0.5) is 0 Å². The van der Waals surface area contributed by atoms with E-state index >= 15 is 0 Å². The summed E-state index contributed by atoms with van der Waals surface area (Å²) in [6, 6.07) is 0. The molecule has 0 aromatic carbocycles. The van der Waals surface area contributed by atoms with E-state index in [1.165, 1.54) is 11.3 Å². The highest BCUT2D eigenvalue weighted by atomic mass is 32.1. The number of H-pyrrole nitrogens is 1. The smallest absolute Gasteiger partial charge is 0.304 e. The highest BCUT2D eigenvalue weighted by Gasteiger charge is 1.94. The van der Waals surface area contributed by atoms with E-state index in [1.54, 1.807) is 5.38 Å². The van der Waals surface area contributed by atoms with Gasteiger partial charge in [0.15, 0.2) is 0 Å². The molecule has 1 rings (SSSR count). The maximum absolute atomic E-state index is 10.7. The van der Waals surface area contributed by atoms with Crippen molar-refractivity contribution in [2.24, 2.45) is 0 Å². The van der Waals surface area contributed by atoms with E-state index in [2.05, 4.69) is 10.3 Å². The van der Waals surface area contributed by atoms with Gasteiger partial charge in [0, 0.05) is 24.2 Å². The maximum atomic E-state index is 10.7. The van der Waals surface area contributed by atoms with E-state index in [-0.39, 0.29) is 11.5 Å². The zero-order valence-corrected chi connectivity index (χ0v) is 7.49. The Morgan fingerprint density at radius 1 is 1.67 bits per heavy atom. The van der Waals surface area contributed by atoms with E-state index in [9.17, 15) is 4.79 Å². The van der Waals surface area contributed by atoms with Gasteiger partial charge in [-0.1, -0.05) is 11.3 Å². The van der Waals surface area contributed by atoms with Gasteiger partial charge in [0.25, 0.3) is 0 Å². The molecule has 0 fully saturated rings. The Kier molecular flexibility index (Phi) is 3.99.